The Kier molecular flexibility index (Phi) is 5.64. The van der Waals surface area contributed by atoms with Crippen LogP contribution in [0.3, 0.4) is 0 Å². The summed E-state index contributed by atoms with van der Waals surface area (Å²) in [5, 5.41) is 6.94. The lowest BCUT2D eigenvalue weighted by atomic mass is 10.1. The topological polar surface area (TPSA) is 90.3 Å². The van der Waals surface area contributed by atoms with Crippen LogP contribution in [0, 0.1) is 0 Å². The predicted molar refractivity (Wildman–Crippen MR) is 106 cm³/mol. The van der Waals surface area contributed by atoms with E-state index in [1.165, 1.54) is 13.0 Å². The molecule has 7 nitrogen and oxygen atoms in total. The molecule has 28 heavy (non-hydrogen) atoms. The maximum absolute atomic E-state index is 12.5. The Labute approximate surface area is 161 Å². The highest BCUT2D eigenvalue weighted by atomic mass is 16.5. The molecule has 0 fully saturated rings. The molecule has 1 amide bonds. The molecule has 0 atom stereocenters. The van der Waals surface area contributed by atoms with Crippen LogP contribution >= 0.6 is 0 Å². The number of benzene rings is 2. The third-order valence-corrected chi connectivity index (χ3v) is 4.07. The van der Waals surface area contributed by atoms with E-state index in [1.807, 2.05) is 12.1 Å². The van der Waals surface area contributed by atoms with Gasteiger partial charge >= 0.3 is 0 Å². The van der Waals surface area contributed by atoms with E-state index >= 15 is 0 Å². The molecule has 0 aliphatic carbocycles. The van der Waals surface area contributed by atoms with E-state index in [2.05, 4.69) is 10.4 Å². The minimum atomic E-state index is -0.361. The first kappa shape index (κ1) is 19.0. The molecule has 0 saturated carbocycles. The van der Waals surface area contributed by atoms with Crippen molar-refractivity contribution in [3.63, 3.8) is 0 Å². The molecule has 142 valence electrons. The van der Waals surface area contributed by atoms with E-state index in [4.69, 9.17) is 4.74 Å². The summed E-state index contributed by atoms with van der Waals surface area (Å²) in [5.41, 5.74) is 2.05. The normalized spacial score (nSPS) is 10.4. The molecule has 0 bridgehead atoms. The number of aromatic nitrogens is 2. The molecule has 0 spiro atoms. The summed E-state index contributed by atoms with van der Waals surface area (Å²) in [6.07, 6.45) is 0. The number of hydrogen-bond donors (Lipinski definition) is 1. The number of rotatable bonds is 6. The molecular weight excluding hydrogens is 358 g/mol. The van der Waals surface area contributed by atoms with Crippen molar-refractivity contribution in [1.82, 2.24) is 9.78 Å². The average Bonchev–Trinajstić information content (AvgIpc) is 2.70. The standard InChI is InChI=1S/C21H19N3O4/c1-14(25)22-17-7-3-16(4-8-17)20(26)13-24-21(27)12-11-19(23-24)15-5-9-18(28-2)10-6-15/h3-12H,13H2,1-2H3,(H,22,25). The summed E-state index contributed by atoms with van der Waals surface area (Å²) in [5.74, 6) is 0.274. The van der Waals surface area contributed by atoms with Crippen LogP contribution in [0.25, 0.3) is 11.3 Å². The second-order valence-corrected chi connectivity index (χ2v) is 6.12. The highest BCUT2D eigenvalue weighted by molar-refractivity contribution is 5.96. The fraction of sp³-hybridized carbons (Fsp3) is 0.143. The zero-order valence-corrected chi connectivity index (χ0v) is 15.5. The molecular formula is C21H19N3O4. The minimum absolute atomic E-state index is 0.178. The third-order valence-electron chi connectivity index (χ3n) is 4.07. The number of hydrogen-bond acceptors (Lipinski definition) is 5. The van der Waals surface area contributed by atoms with E-state index in [0.29, 0.717) is 16.9 Å². The highest BCUT2D eigenvalue weighted by Crippen LogP contribution is 2.19. The van der Waals surface area contributed by atoms with Crippen LogP contribution in [-0.4, -0.2) is 28.6 Å². The molecule has 3 aromatic rings. The summed E-state index contributed by atoms with van der Waals surface area (Å²) in [6, 6.07) is 16.8. The molecule has 0 saturated heterocycles. The number of ether oxygens (including phenoxy) is 1. The zero-order valence-electron chi connectivity index (χ0n) is 15.5. The molecule has 1 heterocycles. The Morgan fingerprint density at radius 1 is 1.00 bits per heavy atom. The molecule has 0 aliphatic rings. The second kappa shape index (κ2) is 8.30. The summed E-state index contributed by atoms with van der Waals surface area (Å²) in [6.45, 7) is 1.23. The first-order valence-corrected chi connectivity index (χ1v) is 8.60. The quantitative estimate of drug-likeness (QED) is 0.667. The van der Waals surface area contributed by atoms with Crippen molar-refractivity contribution in [3.05, 3.63) is 76.6 Å². The van der Waals surface area contributed by atoms with E-state index < -0.39 is 0 Å². The largest absolute Gasteiger partial charge is 0.497 e. The SMILES string of the molecule is COc1ccc(-c2ccc(=O)n(CC(=O)c3ccc(NC(C)=O)cc3)n2)cc1. The molecule has 1 N–H and O–H groups in total. The van der Waals surface area contributed by atoms with Gasteiger partial charge in [0.05, 0.1) is 12.8 Å². The van der Waals surface area contributed by atoms with Crippen LogP contribution < -0.4 is 15.6 Å². The smallest absolute Gasteiger partial charge is 0.267 e. The van der Waals surface area contributed by atoms with Gasteiger partial charge in [-0.25, -0.2) is 4.68 Å². The van der Waals surface area contributed by atoms with Gasteiger partial charge in [-0.2, -0.15) is 5.10 Å². The van der Waals surface area contributed by atoms with Crippen LogP contribution in [0.1, 0.15) is 17.3 Å². The average molecular weight is 377 g/mol. The Morgan fingerprint density at radius 3 is 2.29 bits per heavy atom. The van der Waals surface area contributed by atoms with Gasteiger partial charge in [0.1, 0.15) is 12.3 Å². The predicted octanol–water partition coefficient (Wildman–Crippen LogP) is 2.76. The Hall–Kier alpha value is -3.74. The molecule has 0 aliphatic heterocycles. The lowest BCUT2D eigenvalue weighted by molar-refractivity contribution is -0.114. The van der Waals surface area contributed by atoms with Crippen molar-refractivity contribution in [2.24, 2.45) is 0 Å². The van der Waals surface area contributed by atoms with Crippen LogP contribution in [-0.2, 0) is 11.3 Å². The molecule has 0 radical (unpaired) electrons. The number of ketones is 1. The Morgan fingerprint density at radius 2 is 1.68 bits per heavy atom. The number of carbonyl (C=O) groups excluding carboxylic acids is 2. The van der Waals surface area contributed by atoms with Crippen molar-refractivity contribution in [3.8, 4) is 17.0 Å². The number of amides is 1. The number of Topliss-reactive ketones (excluding diaryl/α,β-unsaturated/α-hetero) is 1. The minimum Gasteiger partial charge on any atom is -0.497 e. The first-order valence-electron chi connectivity index (χ1n) is 8.60. The van der Waals surface area contributed by atoms with Crippen LogP contribution in [0.2, 0.25) is 0 Å². The Balaban J connectivity index is 1.80. The number of anilines is 1. The summed E-state index contributed by atoms with van der Waals surface area (Å²) in [4.78, 5) is 35.7. The molecule has 0 unspecified atom stereocenters. The number of carbonyl (C=O) groups is 2. The van der Waals surface area contributed by atoms with Crippen molar-refractivity contribution < 1.29 is 14.3 Å². The fourth-order valence-electron chi connectivity index (χ4n) is 2.65. The van der Waals surface area contributed by atoms with Gasteiger partial charge in [0, 0.05) is 29.8 Å². The first-order chi connectivity index (χ1) is 13.5. The van der Waals surface area contributed by atoms with E-state index in [9.17, 15) is 14.4 Å². The summed E-state index contributed by atoms with van der Waals surface area (Å²) < 4.78 is 6.28. The van der Waals surface area contributed by atoms with E-state index in [1.54, 1.807) is 49.6 Å². The third kappa shape index (κ3) is 4.50. The van der Waals surface area contributed by atoms with Gasteiger partial charge in [-0.05, 0) is 54.6 Å². The van der Waals surface area contributed by atoms with E-state index in [0.717, 1.165) is 16.0 Å². The highest BCUT2D eigenvalue weighted by Gasteiger charge is 2.11. The van der Waals surface area contributed by atoms with Crippen LogP contribution in [0.4, 0.5) is 5.69 Å². The van der Waals surface area contributed by atoms with Gasteiger partial charge in [-0.1, -0.05) is 0 Å². The molecule has 7 heteroatoms. The van der Waals surface area contributed by atoms with Gasteiger partial charge in [-0.15, -0.1) is 0 Å². The van der Waals surface area contributed by atoms with Crippen LogP contribution in [0.5, 0.6) is 5.75 Å². The number of nitrogens with zero attached hydrogens (tertiary/aromatic N) is 2. The molecule has 3 rings (SSSR count). The van der Waals surface area contributed by atoms with Crippen molar-refractivity contribution in [1.29, 1.82) is 0 Å². The van der Waals surface area contributed by atoms with Gasteiger partial charge < -0.3 is 10.1 Å². The summed E-state index contributed by atoms with van der Waals surface area (Å²) in [7, 11) is 1.59. The van der Waals surface area contributed by atoms with Crippen molar-refractivity contribution in [2.75, 3.05) is 12.4 Å². The molecule has 2 aromatic carbocycles. The van der Waals surface area contributed by atoms with Gasteiger partial charge in [0.25, 0.3) is 5.56 Å². The monoisotopic (exact) mass is 377 g/mol. The Bertz CT molecular complexity index is 1050. The van der Waals surface area contributed by atoms with Gasteiger partial charge in [0.15, 0.2) is 5.78 Å². The molecule has 1 aromatic heterocycles. The van der Waals surface area contributed by atoms with Crippen LogP contribution in [0.15, 0.2) is 65.5 Å². The lowest BCUT2D eigenvalue weighted by Crippen LogP contribution is -2.26. The van der Waals surface area contributed by atoms with Gasteiger partial charge in [0.2, 0.25) is 5.91 Å². The maximum atomic E-state index is 12.5. The number of nitrogens with one attached hydrogen (secondary N) is 1. The number of methoxy groups -OCH3 is 1. The van der Waals surface area contributed by atoms with Crippen molar-refractivity contribution in [2.45, 2.75) is 13.5 Å². The van der Waals surface area contributed by atoms with Gasteiger partial charge in [-0.3, -0.25) is 14.4 Å². The second-order valence-electron chi connectivity index (χ2n) is 6.12. The summed E-state index contributed by atoms with van der Waals surface area (Å²) >= 11 is 0. The zero-order chi connectivity index (χ0) is 20.1. The fourth-order valence-corrected chi connectivity index (χ4v) is 2.65. The maximum Gasteiger partial charge on any atom is 0.267 e. The lowest BCUT2D eigenvalue weighted by Gasteiger charge is -2.08. The van der Waals surface area contributed by atoms with Crippen molar-refractivity contribution >= 4 is 17.4 Å². The van der Waals surface area contributed by atoms with E-state index in [-0.39, 0.29) is 23.8 Å².